The maximum atomic E-state index is 11.8. The molecule has 1 heterocycles. The zero-order chi connectivity index (χ0) is 13.0. The number of hydrogen-bond donors (Lipinski definition) is 2. The molecule has 1 aromatic heterocycles. The van der Waals surface area contributed by atoms with Gasteiger partial charge in [0.25, 0.3) is 5.91 Å². The first kappa shape index (κ1) is 14.1. The largest absolute Gasteiger partial charge is 0.375 e. The molecule has 0 radical (unpaired) electrons. The van der Waals surface area contributed by atoms with Crippen molar-refractivity contribution >= 4 is 33.2 Å². The van der Waals surface area contributed by atoms with Crippen molar-refractivity contribution in [1.29, 1.82) is 0 Å². The van der Waals surface area contributed by atoms with Gasteiger partial charge in [-0.2, -0.15) is 0 Å². The number of thiazole rings is 1. The number of nitrogens with zero attached hydrogens (tertiary/aromatic N) is 1. The van der Waals surface area contributed by atoms with Crippen molar-refractivity contribution in [2.45, 2.75) is 25.5 Å². The molecule has 7 heteroatoms. The first-order chi connectivity index (χ1) is 7.91. The fourth-order valence-electron chi connectivity index (χ4n) is 1.26. The summed E-state index contributed by atoms with van der Waals surface area (Å²) in [4.78, 5) is 16.3. The molecule has 1 aromatic rings. The van der Waals surface area contributed by atoms with E-state index in [0.717, 1.165) is 0 Å². The zero-order valence-electron chi connectivity index (χ0n) is 10.1. The van der Waals surface area contributed by atoms with Gasteiger partial charge in [-0.25, -0.2) is 4.98 Å². The molecule has 0 aliphatic rings. The summed E-state index contributed by atoms with van der Waals surface area (Å²) in [5, 5.41) is 3.27. The average molecular weight is 275 g/mol. The molecule has 96 valence electrons. The summed E-state index contributed by atoms with van der Waals surface area (Å²) >= 11 is 1.18. The molecule has 17 heavy (non-hydrogen) atoms. The van der Waals surface area contributed by atoms with E-state index in [4.69, 9.17) is 5.73 Å². The Hall–Kier alpha value is -0.950. The summed E-state index contributed by atoms with van der Waals surface area (Å²) < 4.78 is 11.1. The van der Waals surface area contributed by atoms with Crippen LogP contribution in [0.1, 0.15) is 28.7 Å². The van der Waals surface area contributed by atoms with Crippen LogP contribution in [-0.4, -0.2) is 33.2 Å². The van der Waals surface area contributed by atoms with Gasteiger partial charge in [0.15, 0.2) is 5.13 Å². The van der Waals surface area contributed by atoms with Crippen LogP contribution >= 0.6 is 11.3 Å². The fourth-order valence-corrected chi connectivity index (χ4v) is 2.46. The van der Waals surface area contributed by atoms with Gasteiger partial charge in [-0.15, -0.1) is 0 Å². The van der Waals surface area contributed by atoms with Gasteiger partial charge in [-0.3, -0.25) is 9.00 Å². The number of aromatic nitrogens is 1. The van der Waals surface area contributed by atoms with Crippen LogP contribution in [0, 0.1) is 6.92 Å². The maximum absolute atomic E-state index is 11.8. The second-order valence-electron chi connectivity index (χ2n) is 3.82. The lowest BCUT2D eigenvalue weighted by molar-refractivity contribution is 0.0956. The second kappa shape index (κ2) is 6.11. The quantitative estimate of drug-likeness (QED) is 0.837. The predicted molar refractivity (Wildman–Crippen MR) is 71.7 cm³/mol. The van der Waals surface area contributed by atoms with E-state index in [2.05, 4.69) is 10.3 Å². The Morgan fingerprint density at radius 3 is 2.76 bits per heavy atom. The molecule has 0 bridgehead atoms. The smallest absolute Gasteiger partial charge is 0.263 e. The summed E-state index contributed by atoms with van der Waals surface area (Å²) in [7, 11) is -0.851. The minimum Gasteiger partial charge on any atom is -0.375 e. The van der Waals surface area contributed by atoms with E-state index in [1.165, 1.54) is 11.3 Å². The van der Waals surface area contributed by atoms with Gasteiger partial charge in [0.2, 0.25) is 0 Å². The summed E-state index contributed by atoms with van der Waals surface area (Å²) in [5.74, 6) is -0.161. The molecular weight excluding hydrogens is 258 g/mol. The lowest BCUT2D eigenvalue weighted by Crippen LogP contribution is -2.27. The van der Waals surface area contributed by atoms with Gasteiger partial charge < -0.3 is 11.1 Å². The lowest BCUT2D eigenvalue weighted by Gasteiger charge is -2.08. The van der Waals surface area contributed by atoms with Crippen molar-refractivity contribution in [3.05, 3.63) is 10.6 Å². The van der Waals surface area contributed by atoms with Crippen LogP contribution in [0.3, 0.4) is 0 Å². The van der Waals surface area contributed by atoms with Crippen molar-refractivity contribution in [3.8, 4) is 0 Å². The van der Waals surface area contributed by atoms with Crippen molar-refractivity contribution in [1.82, 2.24) is 10.3 Å². The highest BCUT2D eigenvalue weighted by Crippen LogP contribution is 2.19. The van der Waals surface area contributed by atoms with Crippen LogP contribution in [0.4, 0.5) is 5.13 Å². The van der Waals surface area contributed by atoms with Crippen LogP contribution < -0.4 is 11.1 Å². The molecule has 0 aliphatic heterocycles. The summed E-state index contributed by atoms with van der Waals surface area (Å²) in [6, 6.07) is 0. The summed E-state index contributed by atoms with van der Waals surface area (Å²) in [6.45, 7) is 4.17. The Kier molecular flexibility index (Phi) is 5.07. The summed E-state index contributed by atoms with van der Waals surface area (Å²) in [6.07, 6.45) is 2.36. The highest BCUT2D eigenvalue weighted by Gasteiger charge is 2.14. The third-order valence-corrected chi connectivity index (χ3v) is 4.78. The van der Waals surface area contributed by atoms with Crippen molar-refractivity contribution in [3.63, 3.8) is 0 Å². The molecule has 0 saturated carbocycles. The van der Waals surface area contributed by atoms with Gasteiger partial charge in [0, 0.05) is 28.9 Å². The molecular formula is C10H17N3O2S2. The molecule has 1 amide bonds. The van der Waals surface area contributed by atoms with E-state index in [9.17, 15) is 9.00 Å². The van der Waals surface area contributed by atoms with E-state index >= 15 is 0 Å². The third-order valence-electron chi connectivity index (χ3n) is 2.42. The standard InChI is InChI=1S/C10H17N3O2S2/c1-6(17(3)15)4-5-12-9(14)8-7(2)13-10(11)16-8/h6H,4-5H2,1-3H3,(H2,11,13)(H,12,14). The molecule has 5 nitrogen and oxygen atoms in total. The van der Waals surface area contributed by atoms with E-state index in [1.54, 1.807) is 13.2 Å². The molecule has 0 saturated heterocycles. The van der Waals surface area contributed by atoms with E-state index in [0.29, 0.717) is 28.7 Å². The minimum atomic E-state index is -0.851. The Morgan fingerprint density at radius 2 is 2.29 bits per heavy atom. The van der Waals surface area contributed by atoms with Crippen molar-refractivity contribution in [2.75, 3.05) is 18.5 Å². The Balaban J connectivity index is 2.45. The normalized spacial score (nSPS) is 14.3. The predicted octanol–water partition coefficient (Wildman–Crippen LogP) is 0.921. The van der Waals surface area contributed by atoms with Crippen LogP contribution in [0.15, 0.2) is 0 Å². The van der Waals surface area contributed by atoms with Gasteiger partial charge in [-0.1, -0.05) is 18.3 Å². The summed E-state index contributed by atoms with van der Waals surface area (Å²) in [5.41, 5.74) is 6.17. The first-order valence-corrected chi connectivity index (χ1v) is 7.69. The number of nitrogens with one attached hydrogen (secondary N) is 1. The first-order valence-electron chi connectivity index (χ1n) is 5.25. The third kappa shape index (κ3) is 4.08. The van der Waals surface area contributed by atoms with Crippen LogP contribution in [0.2, 0.25) is 0 Å². The van der Waals surface area contributed by atoms with Gasteiger partial charge in [-0.05, 0) is 13.3 Å². The number of nitrogen functional groups attached to an aromatic ring is 1. The Labute approximate surface area is 107 Å². The number of anilines is 1. The number of carbonyl (C=O) groups is 1. The molecule has 2 unspecified atom stereocenters. The monoisotopic (exact) mass is 275 g/mol. The Morgan fingerprint density at radius 1 is 1.65 bits per heavy atom. The average Bonchev–Trinajstić information content (AvgIpc) is 2.57. The van der Waals surface area contributed by atoms with Crippen molar-refractivity contribution in [2.24, 2.45) is 0 Å². The van der Waals surface area contributed by atoms with Crippen molar-refractivity contribution < 1.29 is 9.00 Å². The number of carbonyl (C=O) groups excluding carboxylic acids is 1. The number of amides is 1. The van der Waals surface area contributed by atoms with Gasteiger partial charge in [0.05, 0.1) is 5.69 Å². The number of aryl methyl sites for hydroxylation is 1. The number of nitrogens with two attached hydrogens (primary N) is 1. The molecule has 0 aliphatic carbocycles. The highest BCUT2D eigenvalue weighted by molar-refractivity contribution is 7.84. The minimum absolute atomic E-state index is 0.0860. The molecule has 0 aromatic carbocycles. The molecule has 0 spiro atoms. The molecule has 2 atom stereocenters. The zero-order valence-corrected chi connectivity index (χ0v) is 11.8. The maximum Gasteiger partial charge on any atom is 0.263 e. The second-order valence-corrected chi connectivity index (χ2v) is 6.65. The Bertz CT molecular complexity index is 431. The molecule has 0 fully saturated rings. The SMILES string of the molecule is Cc1nc(N)sc1C(=O)NCCC(C)S(C)=O. The van der Waals surface area contributed by atoms with E-state index in [-0.39, 0.29) is 11.2 Å². The van der Waals surface area contributed by atoms with E-state index in [1.807, 2.05) is 6.92 Å². The van der Waals surface area contributed by atoms with Gasteiger partial charge in [0.1, 0.15) is 4.88 Å². The highest BCUT2D eigenvalue weighted by atomic mass is 32.2. The lowest BCUT2D eigenvalue weighted by atomic mass is 10.3. The molecule has 1 rings (SSSR count). The van der Waals surface area contributed by atoms with Crippen LogP contribution in [0.25, 0.3) is 0 Å². The molecule has 3 N–H and O–H groups in total. The van der Waals surface area contributed by atoms with Gasteiger partial charge >= 0.3 is 0 Å². The number of hydrogen-bond acceptors (Lipinski definition) is 5. The topological polar surface area (TPSA) is 85.1 Å². The van der Waals surface area contributed by atoms with E-state index < -0.39 is 10.8 Å². The number of rotatable bonds is 5. The fraction of sp³-hybridized carbons (Fsp3) is 0.600. The van der Waals surface area contributed by atoms with Crippen LogP contribution in [-0.2, 0) is 10.8 Å². The van der Waals surface area contributed by atoms with Crippen LogP contribution in [0.5, 0.6) is 0 Å².